The summed E-state index contributed by atoms with van der Waals surface area (Å²) in [6, 6.07) is 13.4. The molecule has 1 aromatic carbocycles. The minimum absolute atomic E-state index is 0.0157. The number of nitrogens with zero attached hydrogens (tertiary/aromatic N) is 5. The van der Waals surface area contributed by atoms with Crippen LogP contribution in [-0.2, 0) is 17.9 Å². The molecule has 0 saturated heterocycles. The fraction of sp³-hybridized carbons (Fsp3) is 0.200. The maximum absolute atomic E-state index is 13.2. The monoisotopic (exact) mass is 439 g/mol. The Morgan fingerprint density at radius 3 is 2.70 bits per heavy atom. The lowest BCUT2D eigenvalue weighted by Crippen LogP contribution is -2.34. The van der Waals surface area contributed by atoms with E-state index in [-0.39, 0.29) is 12.5 Å². The molecule has 1 amide bonds. The molecule has 30 heavy (non-hydrogen) atoms. The van der Waals surface area contributed by atoms with Crippen molar-refractivity contribution in [2.45, 2.75) is 13.1 Å². The van der Waals surface area contributed by atoms with Crippen molar-refractivity contribution in [1.29, 1.82) is 0 Å². The quantitative estimate of drug-likeness (QED) is 0.458. The van der Waals surface area contributed by atoms with Gasteiger partial charge in [0.15, 0.2) is 11.5 Å². The standard InChI is InChI=1S/C20H17N5O3S2/c26-19(13-25-22-20(21-23-25)18-4-2-10-30-18)24(12-15-3-1-9-29-15)14-5-6-16-17(11-14)28-8-7-27-16/h1-6,9-11H,7-8,12-13H2. The molecule has 1 aliphatic rings. The van der Waals surface area contributed by atoms with E-state index < -0.39 is 0 Å². The molecule has 0 bridgehead atoms. The predicted octanol–water partition coefficient (Wildman–Crippen LogP) is 3.47. The van der Waals surface area contributed by atoms with Gasteiger partial charge < -0.3 is 14.4 Å². The van der Waals surface area contributed by atoms with E-state index in [0.717, 1.165) is 15.4 Å². The van der Waals surface area contributed by atoms with Gasteiger partial charge in [-0.3, -0.25) is 4.79 Å². The maximum Gasteiger partial charge on any atom is 0.250 e. The van der Waals surface area contributed by atoms with Crippen LogP contribution in [0.15, 0.2) is 53.2 Å². The van der Waals surface area contributed by atoms with Gasteiger partial charge in [-0.25, -0.2) is 0 Å². The van der Waals surface area contributed by atoms with Crippen LogP contribution in [0, 0.1) is 0 Å². The Hall–Kier alpha value is -3.24. The summed E-state index contributed by atoms with van der Waals surface area (Å²) in [4.78, 5) is 18.3. The van der Waals surface area contributed by atoms with Crippen LogP contribution in [0.3, 0.4) is 0 Å². The summed E-state index contributed by atoms with van der Waals surface area (Å²) in [5.74, 6) is 1.70. The highest BCUT2D eigenvalue weighted by molar-refractivity contribution is 7.13. The van der Waals surface area contributed by atoms with Gasteiger partial charge in [0.1, 0.15) is 19.8 Å². The van der Waals surface area contributed by atoms with Crippen molar-refractivity contribution in [3.8, 4) is 22.2 Å². The van der Waals surface area contributed by atoms with Crippen molar-refractivity contribution in [1.82, 2.24) is 20.2 Å². The van der Waals surface area contributed by atoms with Gasteiger partial charge in [-0.2, -0.15) is 4.80 Å². The van der Waals surface area contributed by atoms with Crippen molar-refractivity contribution in [2.75, 3.05) is 18.1 Å². The van der Waals surface area contributed by atoms with Gasteiger partial charge in [0.25, 0.3) is 5.91 Å². The number of hydrogen-bond acceptors (Lipinski definition) is 8. The van der Waals surface area contributed by atoms with Gasteiger partial charge >= 0.3 is 0 Å². The maximum atomic E-state index is 13.2. The third kappa shape index (κ3) is 3.91. The number of ether oxygens (including phenoxy) is 2. The highest BCUT2D eigenvalue weighted by atomic mass is 32.1. The summed E-state index contributed by atoms with van der Waals surface area (Å²) < 4.78 is 11.3. The number of hydrogen-bond donors (Lipinski definition) is 0. The smallest absolute Gasteiger partial charge is 0.250 e. The number of thiophene rings is 2. The van der Waals surface area contributed by atoms with E-state index in [4.69, 9.17) is 9.47 Å². The second-order valence-corrected chi connectivity index (χ2v) is 8.49. The van der Waals surface area contributed by atoms with E-state index in [1.165, 1.54) is 16.1 Å². The summed E-state index contributed by atoms with van der Waals surface area (Å²) >= 11 is 3.13. The molecule has 0 spiro atoms. The van der Waals surface area contributed by atoms with Crippen LogP contribution in [0.1, 0.15) is 4.88 Å². The molecule has 4 heterocycles. The van der Waals surface area contributed by atoms with E-state index in [0.29, 0.717) is 37.1 Å². The molecule has 0 atom stereocenters. The first-order valence-electron chi connectivity index (χ1n) is 9.30. The average Bonchev–Trinajstić information content (AvgIpc) is 3.54. The molecule has 0 saturated carbocycles. The fourth-order valence-corrected chi connectivity index (χ4v) is 4.44. The van der Waals surface area contributed by atoms with Crippen LogP contribution in [0.2, 0.25) is 0 Å². The molecule has 4 aromatic rings. The number of aromatic nitrogens is 4. The molecule has 0 N–H and O–H groups in total. The average molecular weight is 440 g/mol. The van der Waals surface area contributed by atoms with Crippen molar-refractivity contribution in [2.24, 2.45) is 0 Å². The van der Waals surface area contributed by atoms with Gasteiger partial charge in [-0.15, -0.1) is 32.9 Å². The summed E-state index contributed by atoms with van der Waals surface area (Å²) in [5.41, 5.74) is 0.733. The van der Waals surface area contributed by atoms with Gasteiger partial charge in [-0.05, 0) is 40.2 Å². The first-order valence-corrected chi connectivity index (χ1v) is 11.1. The lowest BCUT2D eigenvalue weighted by atomic mass is 10.2. The molecule has 0 fully saturated rings. The fourth-order valence-electron chi connectivity index (χ4n) is 3.10. The van der Waals surface area contributed by atoms with E-state index >= 15 is 0 Å². The second-order valence-electron chi connectivity index (χ2n) is 6.51. The van der Waals surface area contributed by atoms with E-state index in [1.54, 1.807) is 16.2 Å². The molecule has 1 aliphatic heterocycles. The van der Waals surface area contributed by atoms with Crippen molar-refractivity contribution in [3.63, 3.8) is 0 Å². The Balaban J connectivity index is 1.41. The topological polar surface area (TPSA) is 82.4 Å². The van der Waals surface area contributed by atoms with E-state index in [9.17, 15) is 4.79 Å². The molecular formula is C20H17N5O3S2. The van der Waals surface area contributed by atoms with Crippen LogP contribution < -0.4 is 14.4 Å². The number of amides is 1. The second kappa shape index (κ2) is 8.25. The zero-order valence-electron chi connectivity index (χ0n) is 15.8. The molecule has 8 nitrogen and oxygen atoms in total. The highest BCUT2D eigenvalue weighted by Gasteiger charge is 2.22. The zero-order chi connectivity index (χ0) is 20.3. The summed E-state index contributed by atoms with van der Waals surface area (Å²) in [6.45, 7) is 1.44. The minimum atomic E-state index is -0.143. The summed E-state index contributed by atoms with van der Waals surface area (Å²) in [6.07, 6.45) is 0. The zero-order valence-corrected chi connectivity index (χ0v) is 17.4. The van der Waals surface area contributed by atoms with Gasteiger partial charge in [-0.1, -0.05) is 12.1 Å². The lowest BCUT2D eigenvalue weighted by Gasteiger charge is -2.25. The number of rotatable bonds is 6. The number of tetrazole rings is 1. The largest absolute Gasteiger partial charge is 0.486 e. The van der Waals surface area contributed by atoms with Crippen LogP contribution in [0.5, 0.6) is 11.5 Å². The molecule has 5 rings (SSSR count). The van der Waals surface area contributed by atoms with Crippen molar-refractivity contribution < 1.29 is 14.3 Å². The summed E-state index contributed by atoms with van der Waals surface area (Å²) in [5, 5.41) is 16.4. The first kappa shape index (κ1) is 18.8. The molecule has 10 heteroatoms. The van der Waals surface area contributed by atoms with E-state index in [1.807, 2.05) is 53.2 Å². The number of benzene rings is 1. The number of carbonyl (C=O) groups excluding carboxylic acids is 1. The van der Waals surface area contributed by atoms with Gasteiger partial charge in [0, 0.05) is 16.6 Å². The van der Waals surface area contributed by atoms with Gasteiger partial charge in [0.2, 0.25) is 5.82 Å². The molecule has 152 valence electrons. The minimum Gasteiger partial charge on any atom is -0.486 e. The molecule has 0 radical (unpaired) electrons. The number of fused-ring (bicyclic) bond motifs is 1. The Morgan fingerprint density at radius 2 is 1.90 bits per heavy atom. The van der Waals surface area contributed by atoms with Crippen LogP contribution in [0.25, 0.3) is 10.7 Å². The Bertz CT molecular complexity index is 1140. The first-order chi connectivity index (χ1) is 14.8. The predicted molar refractivity (Wildman–Crippen MR) is 114 cm³/mol. The van der Waals surface area contributed by atoms with Crippen LogP contribution in [0.4, 0.5) is 5.69 Å². The molecular weight excluding hydrogens is 422 g/mol. The Labute approximate surface area is 180 Å². The van der Waals surface area contributed by atoms with E-state index in [2.05, 4.69) is 15.4 Å². The molecule has 0 aliphatic carbocycles. The number of carbonyl (C=O) groups is 1. The normalized spacial score (nSPS) is 12.7. The Morgan fingerprint density at radius 1 is 1.07 bits per heavy atom. The molecule has 0 unspecified atom stereocenters. The number of anilines is 1. The Kier molecular flexibility index (Phi) is 5.16. The SMILES string of the molecule is O=C(Cn1nnc(-c2cccs2)n1)N(Cc1cccs1)c1ccc2c(c1)OCCO2. The van der Waals surface area contributed by atoms with Crippen molar-refractivity contribution in [3.05, 3.63) is 58.1 Å². The van der Waals surface area contributed by atoms with Gasteiger partial charge in [0.05, 0.1) is 11.4 Å². The van der Waals surface area contributed by atoms with Crippen LogP contribution >= 0.6 is 22.7 Å². The molecule has 3 aromatic heterocycles. The van der Waals surface area contributed by atoms with Crippen LogP contribution in [-0.4, -0.2) is 39.3 Å². The lowest BCUT2D eigenvalue weighted by molar-refractivity contribution is -0.119. The summed E-state index contributed by atoms with van der Waals surface area (Å²) in [7, 11) is 0. The third-order valence-corrected chi connectivity index (χ3v) is 6.23. The third-order valence-electron chi connectivity index (χ3n) is 4.50. The highest BCUT2D eigenvalue weighted by Crippen LogP contribution is 2.34. The van der Waals surface area contributed by atoms with Crippen molar-refractivity contribution >= 4 is 34.3 Å².